The van der Waals surface area contributed by atoms with Crippen molar-refractivity contribution >= 4 is 40.9 Å². The normalized spacial score (nSPS) is 19.4. The summed E-state index contributed by atoms with van der Waals surface area (Å²) in [6.07, 6.45) is 1.34. The maximum Gasteiger partial charge on any atom is 0.294 e. The van der Waals surface area contributed by atoms with E-state index in [9.17, 15) is 9.18 Å². The number of thioether (sulfide) groups is 1. The van der Waals surface area contributed by atoms with Gasteiger partial charge >= 0.3 is 0 Å². The molecule has 3 N–H and O–H groups in total. The number of hydrogen-bond donors (Lipinski definition) is 2. The van der Waals surface area contributed by atoms with Crippen LogP contribution in [0, 0.1) is 5.82 Å². The molecule has 1 aliphatic heterocycles. The molecule has 0 unspecified atom stereocenters. The van der Waals surface area contributed by atoms with Crippen molar-refractivity contribution in [3.05, 3.63) is 47.1 Å². The van der Waals surface area contributed by atoms with Crippen LogP contribution in [-0.2, 0) is 12.0 Å². The lowest BCUT2D eigenvalue weighted by atomic mass is 9.89. The number of nitrogens with zero attached hydrogens (tertiary/aromatic N) is 2. The van der Waals surface area contributed by atoms with Gasteiger partial charge in [-0.25, -0.2) is 4.39 Å². The molecule has 1 aliphatic rings. The van der Waals surface area contributed by atoms with E-state index in [0.29, 0.717) is 35.0 Å². The van der Waals surface area contributed by atoms with Crippen molar-refractivity contribution in [3.63, 3.8) is 0 Å². The van der Waals surface area contributed by atoms with E-state index >= 15 is 0 Å². The number of benzene rings is 1. The highest BCUT2D eigenvalue weighted by atomic mass is 35.5. The van der Waals surface area contributed by atoms with Gasteiger partial charge < -0.3 is 15.6 Å². The van der Waals surface area contributed by atoms with Crippen molar-refractivity contribution in [2.75, 3.05) is 11.1 Å². The maximum absolute atomic E-state index is 14.4. The molecule has 2 heterocycles. The quantitative estimate of drug-likeness (QED) is 0.818. The van der Waals surface area contributed by atoms with Crippen molar-refractivity contribution < 1.29 is 13.7 Å². The number of rotatable bonds is 4. The number of nitrogens with two attached hydrogens (primary N) is 1. The molecule has 0 fully saturated rings. The predicted octanol–water partition coefficient (Wildman–Crippen LogP) is 3.72. The molecular weight excluding hydrogens is 379 g/mol. The standard InChI is InChI=1S/C17H19FN4O2S.ClH/c1-3-10-9-14(24-22-10)15(23)20-11-4-5-13(18)12(8-11)17(2)6-7-25-16(19)21-17;/h4-5,8-9H,3,6-7H2,1-2H3,(H2,19,21)(H,20,23);1H/t17-;/m0./s1. The Hall–Kier alpha value is -2.06. The maximum atomic E-state index is 14.4. The van der Waals surface area contributed by atoms with Gasteiger partial charge in [-0.3, -0.25) is 9.79 Å². The zero-order chi connectivity index (χ0) is 18.0. The summed E-state index contributed by atoms with van der Waals surface area (Å²) in [4.78, 5) is 16.7. The fourth-order valence-corrected chi connectivity index (χ4v) is 3.65. The summed E-state index contributed by atoms with van der Waals surface area (Å²) >= 11 is 1.45. The number of aliphatic imine (C=N–C) groups is 1. The molecule has 0 bridgehead atoms. The summed E-state index contributed by atoms with van der Waals surface area (Å²) in [7, 11) is 0. The molecule has 1 amide bonds. The van der Waals surface area contributed by atoms with E-state index < -0.39 is 11.4 Å². The number of aryl methyl sites for hydroxylation is 1. The highest BCUT2D eigenvalue weighted by Gasteiger charge is 2.32. The van der Waals surface area contributed by atoms with Crippen molar-refractivity contribution in [2.24, 2.45) is 10.7 Å². The zero-order valence-corrected chi connectivity index (χ0v) is 16.0. The van der Waals surface area contributed by atoms with Crippen LogP contribution in [0.3, 0.4) is 0 Å². The van der Waals surface area contributed by atoms with Gasteiger partial charge in [-0.15, -0.1) is 12.4 Å². The number of amidine groups is 1. The summed E-state index contributed by atoms with van der Waals surface area (Å²) in [5.41, 5.74) is 6.62. The van der Waals surface area contributed by atoms with E-state index in [-0.39, 0.29) is 24.0 Å². The van der Waals surface area contributed by atoms with Gasteiger partial charge in [-0.1, -0.05) is 23.8 Å². The van der Waals surface area contributed by atoms with Crippen LogP contribution >= 0.6 is 24.2 Å². The van der Waals surface area contributed by atoms with Crippen molar-refractivity contribution in [1.29, 1.82) is 0 Å². The highest BCUT2D eigenvalue weighted by molar-refractivity contribution is 8.13. The SMILES string of the molecule is CCc1cc(C(=O)Nc2ccc(F)c([C@]3(C)CCSC(N)=N3)c2)on1.Cl. The predicted molar refractivity (Wildman–Crippen MR) is 104 cm³/mol. The zero-order valence-electron chi connectivity index (χ0n) is 14.4. The van der Waals surface area contributed by atoms with Gasteiger partial charge in [-0.05, 0) is 38.0 Å². The van der Waals surface area contributed by atoms with Gasteiger partial charge in [0.2, 0.25) is 5.76 Å². The van der Waals surface area contributed by atoms with Crippen LogP contribution in [0.15, 0.2) is 33.8 Å². The van der Waals surface area contributed by atoms with Crippen molar-refractivity contribution in [3.8, 4) is 0 Å². The topological polar surface area (TPSA) is 93.5 Å². The third-order valence-corrected chi connectivity index (χ3v) is 4.94. The third kappa shape index (κ3) is 4.19. The molecule has 1 atom stereocenters. The largest absolute Gasteiger partial charge is 0.379 e. The summed E-state index contributed by atoms with van der Waals surface area (Å²) in [5, 5.41) is 6.94. The molecule has 6 nitrogen and oxygen atoms in total. The van der Waals surface area contributed by atoms with Crippen molar-refractivity contribution in [2.45, 2.75) is 32.2 Å². The van der Waals surface area contributed by atoms with Crippen LogP contribution in [0.5, 0.6) is 0 Å². The van der Waals surface area contributed by atoms with Gasteiger partial charge in [-0.2, -0.15) is 0 Å². The lowest BCUT2D eigenvalue weighted by Crippen LogP contribution is -2.29. The number of amides is 1. The molecule has 0 spiro atoms. The number of anilines is 1. The number of carbonyl (C=O) groups is 1. The average molecular weight is 399 g/mol. The minimum absolute atomic E-state index is 0. The number of hydrogen-bond acceptors (Lipinski definition) is 6. The molecular formula is C17H20ClFN4O2S. The molecule has 2 aromatic rings. The Morgan fingerprint density at radius 2 is 2.23 bits per heavy atom. The monoisotopic (exact) mass is 398 g/mol. The minimum atomic E-state index is -0.748. The third-order valence-electron chi connectivity index (χ3n) is 4.15. The summed E-state index contributed by atoms with van der Waals surface area (Å²) in [6, 6.07) is 6.00. The van der Waals surface area contributed by atoms with Crippen LogP contribution in [-0.4, -0.2) is 22.0 Å². The first-order chi connectivity index (χ1) is 11.9. The van der Waals surface area contributed by atoms with E-state index in [1.165, 1.54) is 23.9 Å². The lowest BCUT2D eigenvalue weighted by molar-refractivity contribution is 0.0988. The van der Waals surface area contributed by atoms with E-state index in [1.54, 1.807) is 12.1 Å². The molecule has 26 heavy (non-hydrogen) atoms. The van der Waals surface area contributed by atoms with Crippen molar-refractivity contribution in [1.82, 2.24) is 5.16 Å². The van der Waals surface area contributed by atoms with E-state index in [2.05, 4.69) is 15.5 Å². The average Bonchev–Trinajstić information content (AvgIpc) is 3.05. The summed E-state index contributed by atoms with van der Waals surface area (Å²) < 4.78 is 19.4. The van der Waals surface area contributed by atoms with Crippen LogP contribution in [0.2, 0.25) is 0 Å². The Balaban J connectivity index is 0.00000243. The second kappa shape index (κ2) is 8.09. The van der Waals surface area contributed by atoms with Gasteiger partial charge in [0.1, 0.15) is 5.82 Å². The molecule has 9 heteroatoms. The second-order valence-corrected chi connectivity index (χ2v) is 7.12. The number of aromatic nitrogens is 1. The van der Waals surface area contributed by atoms with Crippen LogP contribution < -0.4 is 11.1 Å². The molecule has 1 aromatic carbocycles. The molecule has 0 aliphatic carbocycles. The minimum Gasteiger partial charge on any atom is -0.379 e. The molecule has 3 rings (SSSR count). The first kappa shape index (κ1) is 20.3. The smallest absolute Gasteiger partial charge is 0.294 e. The van der Waals surface area contributed by atoms with Gasteiger partial charge in [0.15, 0.2) is 5.17 Å². The Morgan fingerprint density at radius 1 is 1.46 bits per heavy atom. The molecule has 1 aromatic heterocycles. The number of halogens is 2. The Labute approximate surface area is 161 Å². The van der Waals surface area contributed by atoms with Crippen LogP contribution in [0.1, 0.15) is 42.1 Å². The number of carbonyl (C=O) groups excluding carboxylic acids is 1. The molecule has 140 valence electrons. The molecule has 0 saturated heterocycles. The molecule has 0 saturated carbocycles. The number of nitrogens with one attached hydrogen (secondary N) is 1. The highest BCUT2D eigenvalue weighted by Crippen LogP contribution is 2.37. The summed E-state index contributed by atoms with van der Waals surface area (Å²) in [5.74, 6) is 0.0685. The van der Waals surface area contributed by atoms with Crippen LogP contribution in [0.4, 0.5) is 10.1 Å². The Morgan fingerprint density at radius 3 is 2.88 bits per heavy atom. The Bertz CT molecular complexity index is 842. The second-order valence-electron chi connectivity index (χ2n) is 6.01. The van der Waals surface area contributed by atoms with E-state index in [1.807, 2.05) is 13.8 Å². The fourth-order valence-electron chi connectivity index (χ4n) is 2.67. The Kier molecular flexibility index (Phi) is 6.30. The van der Waals surface area contributed by atoms with Gasteiger partial charge in [0, 0.05) is 23.1 Å². The van der Waals surface area contributed by atoms with E-state index in [4.69, 9.17) is 10.3 Å². The summed E-state index contributed by atoms with van der Waals surface area (Å²) in [6.45, 7) is 3.76. The fraction of sp³-hybridized carbons (Fsp3) is 0.353. The van der Waals surface area contributed by atoms with Gasteiger partial charge in [0.25, 0.3) is 5.91 Å². The van der Waals surface area contributed by atoms with E-state index in [0.717, 1.165) is 5.75 Å². The lowest BCUT2D eigenvalue weighted by Gasteiger charge is -2.30. The molecule has 0 radical (unpaired) electrons. The van der Waals surface area contributed by atoms with Gasteiger partial charge in [0.05, 0.1) is 11.2 Å². The van der Waals surface area contributed by atoms with Crippen LogP contribution in [0.25, 0.3) is 0 Å². The first-order valence-electron chi connectivity index (χ1n) is 7.96. The first-order valence-corrected chi connectivity index (χ1v) is 8.95.